The van der Waals surface area contributed by atoms with Gasteiger partial charge in [0.15, 0.2) is 0 Å². The standard InChI is InChI=1S/C34H61N3O2S/c1-23(2)8-6-9-24(3)28-13-14-29-27-12-11-25-22-26(15-17-33(25,4)30(27)16-18-34(28,29)5)39-32(38)37-20-19-36-31(35)10-7-21-40/h23-30,40H,6-22H2,1-5H3,(H2,35,36)(H,37,38). The molecule has 4 aliphatic carbocycles. The molecule has 0 spiro atoms. The van der Waals surface area contributed by atoms with E-state index < -0.39 is 0 Å². The van der Waals surface area contributed by atoms with Gasteiger partial charge < -0.3 is 15.8 Å². The highest BCUT2D eigenvalue weighted by Gasteiger charge is 2.60. The van der Waals surface area contributed by atoms with Crippen LogP contribution < -0.4 is 11.1 Å². The summed E-state index contributed by atoms with van der Waals surface area (Å²) in [5, 5.41) is 2.89. The van der Waals surface area contributed by atoms with Crippen LogP contribution in [0.5, 0.6) is 0 Å². The minimum absolute atomic E-state index is 0.0509. The number of nitrogens with one attached hydrogen (secondary N) is 1. The van der Waals surface area contributed by atoms with Gasteiger partial charge in [-0.25, -0.2) is 4.79 Å². The van der Waals surface area contributed by atoms with Gasteiger partial charge in [-0.3, -0.25) is 4.99 Å². The maximum Gasteiger partial charge on any atom is 0.407 e. The SMILES string of the molecule is CC(C)CCCC(C)C1CCC2C3CCC4CC(OC(=O)NCCN=C(N)CCCS)CCC4(C)C3CCC12C. The summed E-state index contributed by atoms with van der Waals surface area (Å²) in [6.45, 7) is 13.6. The van der Waals surface area contributed by atoms with Crippen molar-refractivity contribution in [2.45, 2.75) is 131 Å². The van der Waals surface area contributed by atoms with Crippen molar-refractivity contribution in [3.05, 3.63) is 0 Å². The Bertz CT molecular complexity index is 864. The molecular weight excluding hydrogens is 514 g/mol. The average molecular weight is 576 g/mol. The monoisotopic (exact) mass is 575 g/mol. The van der Waals surface area contributed by atoms with Gasteiger partial charge in [0.1, 0.15) is 6.10 Å². The quantitative estimate of drug-likeness (QED) is 0.0948. The van der Waals surface area contributed by atoms with E-state index in [4.69, 9.17) is 10.5 Å². The molecule has 4 fully saturated rings. The zero-order valence-corrected chi connectivity index (χ0v) is 27.3. The van der Waals surface area contributed by atoms with Crippen LogP contribution in [-0.2, 0) is 4.74 Å². The number of amidine groups is 1. The normalized spacial score (nSPS) is 38.3. The molecular formula is C34H61N3O2S. The highest BCUT2D eigenvalue weighted by atomic mass is 32.1. The van der Waals surface area contributed by atoms with Gasteiger partial charge in [0.25, 0.3) is 0 Å². The first kappa shape index (κ1) is 32.0. The van der Waals surface area contributed by atoms with Gasteiger partial charge in [-0.05, 0) is 122 Å². The van der Waals surface area contributed by atoms with E-state index in [1.165, 1.54) is 64.2 Å². The number of fused-ring (bicyclic) bond motifs is 5. The zero-order valence-electron chi connectivity index (χ0n) is 26.4. The molecule has 230 valence electrons. The largest absolute Gasteiger partial charge is 0.446 e. The molecule has 0 aromatic rings. The van der Waals surface area contributed by atoms with Crippen molar-refractivity contribution >= 4 is 24.6 Å². The van der Waals surface area contributed by atoms with E-state index in [1.807, 2.05) is 0 Å². The Morgan fingerprint density at radius 1 is 1.00 bits per heavy atom. The number of alkyl carbamates (subject to hydrolysis) is 1. The predicted molar refractivity (Wildman–Crippen MR) is 171 cm³/mol. The van der Waals surface area contributed by atoms with Crippen LogP contribution in [0.25, 0.3) is 0 Å². The lowest BCUT2D eigenvalue weighted by molar-refractivity contribution is -0.129. The Balaban J connectivity index is 1.27. The van der Waals surface area contributed by atoms with E-state index in [-0.39, 0.29) is 12.2 Å². The van der Waals surface area contributed by atoms with Crippen molar-refractivity contribution in [3.8, 4) is 0 Å². The number of aliphatic imine (C=N–C) groups is 1. The predicted octanol–water partition coefficient (Wildman–Crippen LogP) is 8.27. The number of carbonyl (C=O) groups excluding carboxylic acids is 1. The summed E-state index contributed by atoms with van der Waals surface area (Å²) < 4.78 is 5.93. The third kappa shape index (κ3) is 7.17. The lowest BCUT2D eigenvalue weighted by atomic mass is 9.44. The minimum Gasteiger partial charge on any atom is -0.446 e. The van der Waals surface area contributed by atoms with Crippen LogP contribution in [0.1, 0.15) is 125 Å². The zero-order chi connectivity index (χ0) is 28.9. The first-order valence-corrected chi connectivity index (χ1v) is 17.6. The van der Waals surface area contributed by atoms with Gasteiger partial charge in [0.05, 0.1) is 12.4 Å². The van der Waals surface area contributed by atoms with E-state index in [2.05, 4.69) is 57.6 Å². The number of ether oxygens (including phenoxy) is 1. The fourth-order valence-corrected chi connectivity index (χ4v) is 10.4. The van der Waals surface area contributed by atoms with Crippen LogP contribution >= 0.6 is 12.6 Å². The van der Waals surface area contributed by atoms with Crippen molar-refractivity contribution in [3.63, 3.8) is 0 Å². The van der Waals surface area contributed by atoms with E-state index in [1.54, 1.807) is 0 Å². The molecule has 0 heterocycles. The van der Waals surface area contributed by atoms with E-state index in [9.17, 15) is 4.79 Å². The number of thiol groups is 1. The van der Waals surface area contributed by atoms with E-state index in [0.29, 0.717) is 35.7 Å². The minimum atomic E-state index is -0.292. The Hall–Kier alpha value is -0.910. The summed E-state index contributed by atoms with van der Waals surface area (Å²) >= 11 is 4.21. The third-order valence-corrected chi connectivity index (χ3v) is 12.7. The van der Waals surface area contributed by atoms with Crippen molar-refractivity contribution in [2.75, 3.05) is 18.8 Å². The second kappa shape index (κ2) is 14.0. The Labute approximate surface area is 251 Å². The summed E-state index contributed by atoms with van der Waals surface area (Å²) in [6.07, 6.45) is 17.4. The van der Waals surface area contributed by atoms with E-state index in [0.717, 1.165) is 66.9 Å². The molecule has 0 saturated heterocycles. The molecule has 4 aliphatic rings. The third-order valence-electron chi connectivity index (χ3n) is 12.4. The molecule has 1 amide bonds. The molecule has 9 atom stereocenters. The second-order valence-corrected chi connectivity index (χ2v) is 15.6. The molecule has 40 heavy (non-hydrogen) atoms. The summed E-state index contributed by atoms with van der Waals surface area (Å²) in [5.41, 5.74) is 6.88. The van der Waals surface area contributed by atoms with Gasteiger partial charge in [0.2, 0.25) is 0 Å². The number of amides is 1. The molecule has 0 radical (unpaired) electrons. The molecule has 9 unspecified atom stereocenters. The van der Waals surface area contributed by atoms with Crippen LogP contribution in [0.15, 0.2) is 4.99 Å². The molecule has 6 heteroatoms. The van der Waals surface area contributed by atoms with Crippen molar-refractivity contribution in [1.82, 2.24) is 5.32 Å². The van der Waals surface area contributed by atoms with Crippen molar-refractivity contribution in [2.24, 2.45) is 63.0 Å². The lowest BCUT2D eigenvalue weighted by Crippen LogP contribution is -2.54. The second-order valence-electron chi connectivity index (χ2n) is 15.1. The molecule has 0 aliphatic heterocycles. The van der Waals surface area contributed by atoms with Crippen LogP contribution in [-0.4, -0.2) is 36.9 Å². The Morgan fingerprint density at radius 2 is 1.75 bits per heavy atom. The Kier molecular flexibility index (Phi) is 11.2. The summed E-state index contributed by atoms with van der Waals surface area (Å²) in [5.74, 6) is 7.46. The number of rotatable bonds is 12. The van der Waals surface area contributed by atoms with E-state index >= 15 is 0 Å². The van der Waals surface area contributed by atoms with Crippen LogP contribution in [0.4, 0.5) is 4.79 Å². The fourth-order valence-electron chi connectivity index (χ4n) is 10.2. The van der Waals surface area contributed by atoms with Gasteiger partial charge in [0, 0.05) is 13.0 Å². The number of nitrogens with zero attached hydrogens (tertiary/aromatic N) is 1. The van der Waals surface area contributed by atoms with Gasteiger partial charge in [-0.15, -0.1) is 0 Å². The van der Waals surface area contributed by atoms with Gasteiger partial charge >= 0.3 is 6.09 Å². The van der Waals surface area contributed by atoms with Crippen LogP contribution in [0.3, 0.4) is 0 Å². The summed E-state index contributed by atoms with van der Waals surface area (Å²) in [6, 6.07) is 0. The summed E-state index contributed by atoms with van der Waals surface area (Å²) in [7, 11) is 0. The lowest BCUT2D eigenvalue weighted by Gasteiger charge is -2.61. The molecule has 0 bridgehead atoms. The highest BCUT2D eigenvalue weighted by Crippen LogP contribution is 2.68. The number of hydrogen-bond acceptors (Lipinski definition) is 4. The average Bonchev–Trinajstić information content (AvgIpc) is 3.27. The molecule has 4 saturated carbocycles. The smallest absolute Gasteiger partial charge is 0.407 e. The maximum absolute atomic E-state index is 12.5. The van der Waals surface area contributed by atoms with Gasteiger partial charge in [-0.2, -0.15) is 12.6 Å². The molecule has 4 rings (SSSR count). The fraction of sp³-hybridized carbons (Fsp3) is 0.941. The first-order valence-electron chi connectivity index (χ1n) is 16.9. The molecule has 3 N–H and O–H groups in total. The highest BCUT2D eigenvalue weighted by molar-refractivity contribution is 7.80. The number of hydrogen-bond donors (Lipinski definition) is 3. The van der Waals surface area contributed by atoms with Crippen LogP contribution in [0.2, 0.25) is 0 Å². The van der Waals surface area contributed by atoms with Gasteiger partial charge in [-0.1, -0.05) is 53.9 Å². The van der Waals surface area contributed by atoms with Crippen molar-refractivity contribution in [1.29, 1.82) is 0 Å². The topological polar surface area (TPSA) is 76.7 Å². The maximum atomic E-state index is 12.5. The molecule has 5 nitrogen and oxygen atoms in total. The number of carbonyl (C=O) groups is 1. The molecule has 0 aromatic carbocycles. The number of nitrogens with two attached hydrogens (primary N) is 1. The van der Waals surface area contributed by atoms with Crippen molar-refractivity contribution < 1.29 is 9.53 Å². The first-order chi connectivity index (χ1) is 19.1. The van der Waals surface area contributed by atoms with Crippen LogP contribution in [0, 0.1) is 52.3 Å². The Morgan fingerprint density at radius 3 is 2.50 bits per heavy atom. The summed E-state index contributed by atoms with van der Waals surface area (Å²) in [4.78, 5) is 16.9. The molecule has 0 aromatic heterocycles.